The number of aromatic nitrogens is 3. The third kappa shape index (κ3) is 3.25. The first kappa shape index (κ1) is 15.3. The molecular weight excluding hydrogens is 314 g/mol. The molecule has 4 nitrogen and oxygen atoms in total. The minimum absolute atomic E-state index is 0.00573. The van der Waals surface area contributed by atoms with E-state index in [0.29, 0.717) is 23.7 Å². The third-order valence-corrected chi connectivity index (χ3v) is 3.09. The van der Waals surface area contributed by atoms with Crippen LogP contribution in [0.2, 0.25) is 0 Å². The number of hydrogen-bond donors (Lipinski definition) is 0. The average Bonchev–Trinajstić information content (AvgIpc) is 2.89. The monoisotopic (exact) mass is 325 g/mol. The van der Waals surface area contributed by atoms with Crippen LogP contribution in [0.5, 0.6) is 5.75 Å². The Morgan fingerprint density at radius 3 is 2.35 bits per heavy atom. The smallest absolute Gasteiger partial charge is 0.394 e. The number of benzene rings is 1. The summed E-state index contributed by atoms with van der Waals surface area (Å²) in [4.78, 5) is 7.69. The highest BCUT2D eigenvalue weighted by Crippen LogP contribution is 2.26. The Hall–Kier alpha value is -2.64. The third-order valence-electron chi connectivity index (χ3n) is 3.09. The SMILES string of the molecule is CC(F)(F)Oc1ccc(-c2cnc3cnc(C(F)F)n3c2)cc1. The standard InChI is InChI=1S/C15H11F4N3O/c1-15(18,19)23-11-4-2-9(3-5-11)10-6-20-12-7-21-14(13(16)17)22(12)8-10/h2-8,13H,1H3. The number of fused-ring (bicyclic) bond motifs is 1. The van der Waals surface area contributed by atoms with Crippen molar-refractivity contribution in [1.82, 2.24) is 14.4 Å². The summed E-state index contributed by atoms with van der Waals surface area (Å²) in [6.07, 6.45) is -1.77. The first-order valence-electron chi connectivity index (χ1n) is 6.62. The van der Waals surface area contributed by atoms with Gasteiger partial charge in [-0.1, -0.05) is 12.1 Å². The maximum Gasteiger partial charge on any atom is 0.394 e. The van der Waals surface area contributed by atoms with Crippen molar-refractivity contribution in [2.75, 3.05) is 0 Å². The Bertz CT molecular complexity index is 825. The summed E-state index contributed by atoms with van der Waals surface area (Å²) in [6.45, 7) is 0.643. The predicted molar refractivity (Wildman–Crippen MR) is 74.6 cm³/mol. The van der Waals surface area contributed by atoms with E-state index in [2.05, 4.69) is 14.7 Å². The molecule has 1 aromatic carbocycles. The summed E-state index contributed by atoms with van der Waals surface area (Å²) in [5, 5.41) is 0. The summed E-state index contributed by atoms with van der Waals surface area (Å²) < 4.78 is 56.9. The highest BCUT2D eigenvalue weighted by Gasteiger charge is 2.23. The molecule has 0 aliphatic heterocycles. The van der Waals surface area contributed by atoms with Gasteiger partial charge in [-0.25, -0.2) is 18.7 Å². The molecule has 120 valence electrons. The van der Waals surface area contributed by atoms with Gasteiger partial charge in [-0.15, -0.1) is 0 Å². The molecule has 0 saturated heterocycles. The van der Waals surface area contributed by atoms with Gasteiger partial charge in [0.2, 0.25) is 0 Å². The number of ether oxygens (including phenoxy) is 1. The predicted octanol–water partition coefficient (Wildman–Crippen LogP) is 4.33. The molecule has 2 heterocycles. The Kier molecular flexibility index (Phi) is 3.67. The summed E-state index contributed by atoms with van der Waals surface area (Å²) in [5.74, 6) is -0.397. The second kappa shape index (κ2) is 5.53. The number of hydrogen-bond acceptors (Lipinski definition) is 3. The topological polar surface area (TPSA) is 39.4 Å². The lowest BCUT2D eigenvalue weighted by molar-refractivity contribution is -0.158. The first-order valence-corrected chi connectivity index (χ1v) is 6.62. The van der Waals surface area contributed by atoms with E-state index in [1.165, 1.54) is 35.1 Å². The molecule has 2 aromatic heterocycles. The highest BCUT2D eigenvalue weighted by atomic mass is 19.3. The van der Waals surface area contributed by atoms with Crippen molar-refractivity contribution in [3.8, 4) is 16.9 Å². The number of imidazole rings is 1. The van der Waals surface area contributed by atoms with E-state index in [-0.39, 0.29) is 5.75 Å². The van der Waals surface area contributed by atoms with Crippen LogP contribution in [0, 0.1) is 0 Å². The van der Waals surface area contributed by atoms with Crippen LogP contribution in [-0.2, 0) is 0 Å². The van der Waals surface area contributed by atoms with Gasteiger partial charge in [-0.3, -0.25) is 4.40 Å². The zero-order chi connectivity index (χ0) is 16.6. The molecule has 0 unspecified atom stereocenters. The summed E-state index contributed by atoms with van der Waals surface area (Å²) >= 11 is 0. The summed E-state index contributed by atoms with van der Waals surface area (Å²) in [7, 11) is 0. The van der Waals surface area contributed by atoms with E-state index in [1.54, 1.807) is 12.1 Å². The molecule has 0 atom stereocenters. The first-order chi connectivity index (χ1) is 10.8. The van der Waals surface area contributed by atoms with E-state index in [1.807, 2.05) is 0 Å². The van der Waals surface area contributed by atoms with E-state index >= 15 is 0 Å². The van der Waals surface area contributed by atoms with Gasteiger partial charge in [0.05, 0.1) is 6.20 Å². The Balaban J connectivity index is 1.95. The van der Waals surface area contributed by atoms with Crippen molar-refractivity contribution in [2.45, 2.75) is 19.5 Å². The van der Waals surface area contributed by atoms with E-state index in [9.17, 15) is 17.6 Å². The van der Waals surface area contributed by atoms with Gasteiger partial charge in [0.25, 0.3) is 6.43 Å². The van der Waals surface area contributed by atoms with Gasteiger partial charge in [0, 0.05) is 24.9 Å². The highest BCUT2D eigenvalue weighted by molar-refractivity contribution is 5.63. The fourth-order valence-corrected chi connectivity index (χ4v) is 2.13. The van der Waals surface area contributed by atoms with Crippen LogP contribution in [0.15, 0.2) is 42.9 Å². The van der Waals surface area contributed by atoms with Gasteiger partial charge in [0.1, 0.15) is 5.75 Å². The molecule has 0 radical (unpaired) electrons. The normalized spacial score (nSPS) is 12.1. The molecule has 0 aliphatic carbocycles. The van der Waals surface area contributed by atoms with Gasteiger partial charge < -0.3 is 4.74 Å². The van der Waals surface area contributed by atoms with Crippen LogP contribution < -0.4 is 4.74 Å². The lowest BCUT2D eigenvalue weighted by Crippen LogP contribution is -2.18. The van der Waals surface area contributed by atoms with Gasteiger partial charge in [-0.2, -0.15) is 8.78 Å². The van der Waals surface area contributed by atoms with Crippen molar-refractivity contribution in [2.24, 2.45) is 0 Å². The van der Waals surface area contributed by atoms with Crippen molar-refractivity contribution in [3.05, 3.63) is 48.7 Å². The quantitative estimate of drug-likeness (QED) is 0.671. The van der Waals surface area contributed by atoms with E-state index in [0.717, 1.165) is 0 Å². The molecule has 8 heteroatoms. The number of halogens is 4. The molecule has 0 N–H and O–H groups in total. The lowest BCUT2D eigenvalue weighted by Gasteiger charge is -2.13. The molecule has 23 heavy (non-hydrogen) atoms. The average molecular weight is 325 g/mol. The molecule has 3 rings (SSSR count). The summed E-state index contributed by atoms with van der Waals surface area (Å²) in [6, 6.07) is 5.84. The van der Waals surface area contributed by atoms with Crippen molar-refractivity contribution in [1.29, 1.82) is 0 Å². The maximum absolute atomic E-state index is 12.9. The fourth-order valence-electron chi connectivity index (χ4n) is 2.13. The Morgan fingerprint density at radius 1 is 1.04 bits per heavy atom. The van der Waals surface area contributed by atoms with Crippen LogP contribution in [0.4, 0.5) is 17.6 Å². The molecule has 0 saturated carbocycles. The van der Waals surface area contributed by atoms with Gasteiger partial charge in [0.15, 0.2) is 11.5 Å². The Morgan fingerprint density at radius 2 is 1.74 bits per heavy atom. The minimum atomic E-state index is -3.27. The van der Waals surface area contributed by atoms with Crippen LogP contribution >= 0.6 is 0 Å². The second-order valence-corrected chi connectivity index (χ2v) is 4.92. The van der Waals surface area contributed by atoms with Gasteiger partial charge in [-0.05, 0) is 17.7 Å². The second-order valence-electron chi connectivity index (χ2n) is 4.92. The van der Waals surface area contributed by atoms with Crippen LogP contribution in [-0.4, -0.2) is 20.5 Å². The molecule has 0 aliphatic rings. The van der Waals surface area contributed by atoms with Crippen molar-refractivity contribution < 1.29 is 22.3 Å². The number of nitrogens with zero attached hydrogens (tertiary/aromatic N) is 3. The van der Waals surface area contributed by atoms with Crippen LogP contribution in [0.3, 0.4) is 0 Å². The summed E-state index contributed by atoms with van der Waals surface area (Å²) in [5.41, 5.74) is 1.47. The Labute approximate surface area is 128 Å². The van der Waals surface area contributed by atoms with Crippen molar-refractivity contribution in [3.63, 3.8) is 0 Å². The van der Waals surface area contributed by atoms with E-state index < -0.39 is 18.4 Å². The van der Waals surface area contributed by atoms with E-state index in [4.69, 9.17) is 0 Å². The molecule has 0 fully saturated rings. The molecule has 3 aromatic rings. The zero-order valence-electron chi connectivity index (χ0n) is 11.9. The maximum atomic E-state index is 12.9. The molecular formula is C15H11F4N3O. The zero-order valence-corrected chi connectivity index (χ0v) is 11.9. The largest absolute Gasteiger partial charge is 0.433 e. The van der Waals surface area contributed by atoms with Crippen LogP contribution in [0.25, 0.3) is 16.8 Å². The minimum Gasteiger partial charge on any atom is -0.433 e. The fraction of sp³-hybridized carbons (Fsp3) is 0.200. The molecule has 0 amide bonds. The van der Waals surface area contributed by atoms with Gasteiger partial charge >= 0.3 is 6.11 Å². The lowest BCUT2D eigenvalue weighted by atomic mass is 10.1. The number of alkyl halides is 4. The molecule has 0 spiro atoms. The number of rotatable bonds is 4. The molecule has 0 bridgehead atoms. The van der Waals surface area contributed by atoms with Crippen molar-refractivity contribution >= 4 is 5.65 Å². The van der Waals surface area contributed by atoms with Crippen LogP contribution in [0.1, 0.15) is 19.2 Å².